The van der Waals surface area contributed by atoms with Crippen molar-refractivity contribution in [2.24, 2.45) is 0 Å². The molecule has 0 bridgehead atoms. The minimum Gasteiger partial charge on any atom is -0.115 e. The van der Waals surface area contributed by atoms with Crippen LogP contribution >= 0.6 is 46.4 Å². The summed E-state index contributed by atoms with van der Waals surface area (Å²) in [5.41, 5.74) is 0. The van der Waals surface area contributed by atoms with Crippen LogP contribution in [0.2, 0.25) is 0 Å². The summed E-state index contributed by atoms with van der Waals surface area (Å²) >= 11 is 22.0. The second-order valence-corrected chi connectivity index (χ2v) is 3.25. The average molecular weight is 192 g/mol. The first-order valence-corrected chi connectivity index (χ1v) is 3.60. The number of alkyl halides is 2. The van der Waals surface area contributed by atoms with E-state index < -0.39 is 0 Å². The number of halogens is 4. The second-order valence-electron chi connectivity index (χ2n) is 1.50. The summed E-state index contributed by atoms with van der Waals surface area (Å²) < 4.78 is 0. The molecular weight excluding hydrogens is 190 g/mol. The van der Waals surface area contributed by atoms with E-state index in [9.17, 15) is 0 Å². The van der Waals surface area contributed by atoms with Crippen LogP contribution in [0.1, 0.15) is 0 Å². The highest BCUT2D eigenvalue weighted by Gasteiger charge is 2.35. The predicted octanol–water partition coefficient (Wildman–Crippen LogP) is 2.90. The van der Waals surface area contributed by atoms with Crippen LogP contribution in [0.4, 0.5) is 0 Å². The molecule has 1 rings (SSSR count). The molecule has 0 radical (unpaired) electrons. The maximum absolute atomic E-state index is 5.54. The number of allylic oxidation sites excluding steroid dienone is 2. The minimum absolute atomic E-state index is 0.272. The van der Waals surface area contributed by atoms with Crippen LogP contribution in [0.5, 0.6) is 0 Å². The van der Waals surface area contributed by atoms with Crippen molar-refractivity contribution in [1.82, 2.24) is 0 Å². The highest BCUT2D eigenvalue weighted by atomic mass is 35.5. The van der Waals surface area contributed by atoms with E-state index in [1.54, 1.807) is 0 Å². The first-order chi connectivity index (χ1) is 3.64. The largest absolute Gasteiger partial charge is 0.115 e. The minimum atomic E-state index is -0.272. The normalized spacial score (nSPS) is 37.5. The summed E-state index contributed by atoms with van der Waals surface area (Å²) in [6.45, 7) is 0. The molecule has 0 aromatic heterocycles. The Balaban J connectivity index is 2.74. The van der Waals surface area contributed by atoms with Gasteiger partial charge in [0, 0.05) is 0 Å². The second kappa shape index (κ2) is 2.26. The fraction of sp³-hybridized carbons (Fsp3) is 0.500. The Hall–Kier alpha value is 0.900. The Kier molecular flexibility index (Phi) is 1.98. The van der Waals surface area contributed by atoms with Gasteiger partial charge in [0.25, 0.3) is 0 Å². The van der Waals surface area contributed by atoms with Crippen molar-refractivity contribution in [3.63, 3.8) is 0 Å². The molecule has 0 N–H and O–H groups in total. The number of hydrogen-bond donors (Lipinski definition) is 0. The van der Waals surface area contributed by atoms with Crippen molar-refractivity contribution in [3.05, 3.63) is 10.1 Å². The van der Waals surface area contributed by atoms with Gasteiger partial charge in [0.2, 0.25) is 0 Å². The molecule has 0 spiro atoms. The topological polar surface area (TPSA) is 0 Å². The van der Waals surface area contributed by atoms with Gasteiger partial charge in [0.05, 0.1) is 20.8 Å². The summed E-state index contributed by atoms with van der Waals surface area (Å²) in [6.07, 6.45) is 0. The van der Waals surface area contributed by atoms with E-state index in [2.05, 4.69) is 0 Å². The fourth-order valence-electron chi connectivity index (χ4n) is 0.424. The third kappa shape index (κ3) is 0.841. The van der Waals surface area contributed by atoms with Crippen LogP contribution in [0.25, 0.3) is 0 Å². The van der Waals surface area contributed by atoms with Crippen molar-refractivity contribution in [1.29, 1.82) is 0 Å². The summed E-state index contributed by atoms with van der Waals surface area (Å²) in [7, 11) is 0. The maximum Gasteiger partial charge on any atom is 0.0918 e. The highest BCUT2D eigenvalue weighted by Crippen LogP contribution is 2.41. The molecule has 1 aliphatic carbocycles. The number of rotatable bonds is 0. The van der Waals surface area contributed by atoms with Crippen molar-refractivity contribution >= 4 is 46.4 Å². The Bertz CT molecular complexity index is 123. The third-order valence-electron chi connectivity index (χ3n) is 0.969. The van der Waals surface area contributed by atoms with Crippen molar-refractivity contribution < 1.29 is 0 Å². The van der Waals surface area contributed by atoms with Gasteiger partial charge in [-0.25, -0.2) is 0 Å². The van der Waals surface area contributed by atoms with E-state index in [1.807, 2.05) is 0 Å². The third-order valence-corrected chi connectivity index (χ3v) is 3.24. The molecule has 0 aliphatic heterocycles. The molecule has 8 heavy (non-hydrogen) atoms. The predicted molar refractivity (Wildman–Crippen MR) is 38.0 cm³/mol. The standard InChI is InChI=1S/C4H2Cl4/c5-1-2(6)4(8)3(1)7/h1-2H/t1-,2-/m1/s1. The maximum atomic E-state index is 5.54. The molecular formula is C4H2Cl4. The van der Waals surface area contributed by atoms with E-state index in [0.717, 1.165) is 0 Å². The van der Waals surface area contributed by atoms with Crippen LogP contribution in [-0.2, 0) is 0 Å². The van der Waals surface area contributed by atoms with E-state index in [4.69, 9.17) is 46.4 Å². The van der Waals surface area contributed by atoms with Gasteiger partial charge in [-0.3, -0.25) is 0 Å². The summed E-state index contributed by atoms with van der Waals surface area (Å²) in [6, 6.07) is 0. The average Bonchev–Trinajstić information content (AvgIpc) is 1.83. The van der Waals surface area contributed by atoms with Gasteiger partial charge in [-0.15, -0.1) is 23.2 Å². The molecule has 0 heterocycles. The van der Waals surface area contributed by atoms with Gasteiger partial charge in [0.1, 0.15) is 0 Å². The highest BCUT2D eigenvalue weighted by molar-refractivity contribution is 6.52. The molecule has 0 saturated carbocycles. The number of hydrogen-bond acceptors (Lipinski definition) is 0. The van der Waals surface area contributed by atoms with E-state index in [1.165, 1.54) is 0 Å². The summed E-state index contributed by atoms with van der Waals surface area (Å²) in [5, 5.41) is 0.415. The Labute approximate surface area is 67.4 Å². The quantitative estimate of drug-likeness (QED) is 0.517. The van der Waals surface area contributed by atoms with Crippen LogP contribution in [0.3, 0.4) is 0 Å². The van der Waals surface area contributed by atoms with Gasteiger partial charge >= 0.3 is 0 Å². The lowest BCUT2D eigenvalue weighted by Crippen LogP contribution is -2.27. The molecule has 0 saturated heterocycles. The zero-order valence-corrected chi connectivity index (χ0v) is 6.69. The summed E-state index contributed by atoms with van der Waals surface area (Å²) in [4.78, 5) is 0. The Morgan fingerprint density at radius 1 is 0.875 bits per heavy atom. The van der Waals surface area contributed by atoms with Crippen molar-refractivity contribution in [3.8, 4) is 0 Å². The molecule has 1 aliphatic rings. The van der Waals surface area contributed by atoms with Gasteiger partial charge in [-0.05, 0) is 0 Å². The lowest BCUT2D eigenvalue weighted by Gasteiger charge is -2.25. The molecule has 2 atom stereocenters. The molecule has 4 heteroatoms. The van der Waals surface area contributed by atoms with Crippen molar-refractivity contribution in [2.45, 2.75) is 10.8 Å². The molecule has 0 unspecified atom stereocenters. The molecule has 0 nitrogen and oxygen atoms in total. The Morgan fingerprint density at radius 2 is 1.12 bits per heavy atom. The van der Waals surface area contributed by atoms with Crippen LogP contribution in [-0.4, -0.2) is 10.8 Å². The van der Waals surface area contributed by atoms with Crippen LogP contribution in [0, 0.1) is 0 Å². The fourth-order valence-corrected chi connectivity index (χ4v) is 1.64. The van der Waals surface area contributed by atoms with Gasteiger partial charge < -0.3 is 0 Å². The zero-order valence-electron chi connectivity index (χ0n) is 3.67. The molecule has 0 aromatic rings. The van der Waals surface area contributed by atoms with Gasteiger partial charge in [-0.2, -0.15) is 0 Å². The van der Waals surface area contributed by atoms with Gasteiger partial charge in [-0.1, -0.05) is 23.2 Å². The van der Waals surface area contributed by atoms with Crippen LogP contribution < -0.4 is 0 Å². The van der Waals surface area contributed by atoms with Crippen LogP contribution in [0.15, 0.2) is 10.1 Å². The molecule has 46 valence electrons. The smallest absolute Gasteiger partial charge is 0.0918 e. The Morgan fingerprint density at radius 3 is 1.25 bits per heavy atom. The van der Waals surface area contributed by atoms with Gasteiger partial charge in [0.15, 0.2) is 0 Å². The first kappa shape index (κ1) is 7.01. The SMILES string of the molecule is ClC1=C(Cl)[C@H](Cl)[C@H]1Cl. The lowest BCUT2D eigenvalue weighted by molar-refractivity contribution is 0.931. The van der Waals surface area contributed by atoms with Crippen molar-refractivity contribution in [2.75, 3.05) is 0 Å². The molecule has 0 fully saturated rings. The summed E-state index contributed by atoms with van der Waals surface area (Å²) in [5.74, 6) is 0. The zero-order chi connectivity index (χ0) is 6.31. The molecule has 0 amide bonds. The van der Waals surface area contributed by atoms with E-state index in [-0.39, 0.29) is 10.8 Å². The lowest BCUT2D eigenvalue weighted by atomic mass is 10.1. The van der Waals surface area contributed by atoms with E-state index in [0.29, 0.717) is 10.1 Å². The first-order valence-electron chi connectivity index (χ1n) is 1.98. The van der Waals surface area contributed by atoms with E-state index >= 15 is 0 Å². The monoisotopic (exact) mass is 190 g/mol. The molecule has 0 aromatic carbocycles.